The van der Waals surface area contributed by atoms with E-state index in [1.807, 2.05) is 6.92 Å². The third kappa shape index (κ3) is 3.19. The Morgan fingerprint density at radius 1 is 1.35 bits per heavy atom. The van der Waals surface area contributed by atoms with Crippen LogP contribution in [0.15, 0.2) is 0 Å². The second-order valence-electron chi connectivity index (χ2n) is 7.83. The topological polar surface area (TPSA) is 40.5 Å². The molecule has 116 valence electrons. The average Bonchev–Trinajstić information content (AvgIpc) is 2.38. The summed E-state index contributed by atoms with van der Waals surface area (Å²) < 4.78 is 0. The predicted molar refractivity (Wildman–Crippen MR) is 81.7 cm³/mol. The normalized spacial score (nSPS) is 40.0. The smallest absolute Gasteiger partial charge is 0.310 e. The summed E-state index contributed by atoms with van der Waals surface area (Å²) in [4.78, 5) is 14.1. The first-order valence-electron chi connectivity index (χ1n) is 8.31. The van der Waals surface area contributed by atoms with E-state index in [0.29, 0.717) is 12.0 Å². The molecule has 2 rings (SSSR count). The van der Waals surface area contributed by atoms with Crippen molar-refractivity contribution in [3.05, 3.63) is 0 Å². The Hall–Kier alpha value is -0.570. The first-order chi connectivity index (χ1) is 9.33. The van der Waals surface area contributed by atoms with Crippen LogP contribution < -0.4 is 0 Å². The molecule has 3 heteroatoms. The van der Waals surface area contributed by atoms with Crippen molar-refractivity contribution in [1.82, 2.24) is 4.90 Å². The highest BCUT2D eigenvalue weighted by atomic mass is 16.4. The predicted octanol–water partition coefficient (Wildman–Crippen LogP) is 3.63. The van der Waals surface area contributed by atoms with Crippen LogP contribution in [-0.4, -0.2) is 35.1 Å². The van der Waals surface area contributed by atoms with E-state index in [4.69, 9.17) is 0 Å². The second-order valence-corrected chi connectivity index (χ2v) is 7.83. The van der Waals surface area contributed by atoms with E-state index in [1.54, 1.807) is 0 Å². The van der Waals surface area contributed by atoms with Gasteiger partial charge in [0, 0.05) is 12.6 Å². The van der Waals surface area contributed by atoms with Gasteiger partial charge in [-0.1, -0.05) is 27.2 Å². The zero-order chi connectivity index (χ0) is 14.9. The zero-order valence-electron chi connectivity index (χ0n) is 13.6. The molecule has 1 aliphatic carbocycles. The molecular formula is C17H31NO2. The van der Waals surface area contributed by atoms with Crippen LogP contribution in [0.4, 0.5) is 0 Å². The fourth-order valence-corrected chi connectivity index (χ4v) is 4.31. The fourth-order valence-electron chi connectivity index (χ4n) is 4.31. The molecule has 0 radical (unpaired) electrons. The standard InChI is InChI=1S/C17H31NO2/c1-12(2)14-7-6-13(3)10-15(14)18-9-5-8-17(4,11-18)16(19)20/h12-15H,5-11H2,1-4H3,(H,19,20). The van der Waals surface area contributed by atoms with E-state index >= 15 is 0 Å². The first kappa shape index (κ1) is 15.8. The average molecular weight is 281 g/mol. The molecule has 4 atom stereocenters. The summed E-state index contributed by atoms with van der Waals surface area (Å²) in [6, 6.07) is 0.595. The minimum atomic E-state index is -0.618. The van der Waals surface area contributed by atoms with Gasteiger partial charge in [-0.15, -0.1) is 0 Å². The van der Waals surface area contributed by atoms with Crippen LogP contribution in [0.5, 0.6) is 0 Å². The number of carboxylic acid groups (broad SMARTS) is 1. The lowest BCUT2D eigenvalue weighted by Gasteiger charge is -2.48. The Kier molecular flexibility index (Phi) is 4.78. The molecule has 1 aliphatic heterocycles. The molecule has 0 amide bonds. The van der Waals surface area contributed by atoms with E-state index in [0.717, 1.165) is 37.8 Å². The molecule has 1 heterocycles. The Morgan fingerprint density at radius 3 is 2.65 bits per heavy atom. The highest BCUT2D eigenvalue weighted by Crippen LogP contribution is 2.40. The summed E-state index contributed by atoms with van der Waals surface area (Å²) in [5.74, 6) is 1.60. The van der Waals surface area contributed by atoms with Crippen LogP contribution in [-0.2, 0) is 4.79 Å². The van der Waals surface area contributed by atoms with Gasteiger partial charge in [-0.3, -0.25) is 9.69 Å². The van der Waals surface area contributed by atoms with Gasteiger partial charge >= 0.3 is 5.97 Å². The fraction of sp³-hybridized carbons (Fsp3) is 0.941. The molecule has 4 unspecified atom stereocenters. The van der Waals surface area contributed by atoms with Crippen LogP contribution in [0.1, 0.15) is 59.8 Å². The Balaban J connectivity index is 2.12. The molecule has 20 heavy (non-hydrogen) atoms. The second kappa shape index (κ2) is 6.05. The summed E-state index contributed by atoms with van der Waals surface area (Å²) in [5.41, 5.74) is -0.541. The molecule has 0 aromatic rings. The minimum absolute atomic E-state index is 0.541. The number of nitrogens with zero attached hydrogens (tertiary/aromatic N) is 1. The third-order valence-electron chi connectivity index (χ3n) is 5.70. The maximum Gasteiger partial charge on any atom is 0.310 e. The van der Waals surface area contributed by atoms with Crippen molar-refractivity contribution in [2.75, 3.05) is 13.1 Å². The molecule has 3 nitrogen and oxygen atoms in total. The van der Waals surface area contributed by atoms with Crippen LogP contribution in [0.3, 0.4) is 0 Å². The lowest BCUT2D eigenvalue weighted by molar-refractivity contribution is -0.152. The summed E-state index contributed by atoms with van der Waals surface area (Å²) in [6.45, 7) is 10.8. The van der Waals surface area contributed by atoms with E-state index in [2.05, 4.69) is 25.7 Å². The maximum absolute atomic E-state index is 11.6. The number of rotatable bonds is 3. The number of carbonyl (C=O) groups is 1. The molecule has 1 N–H and O–H groups in total. The van der Waals surface area contributed by atoms with Gasteiger partial charge in [0.1, 0.15) is 0 Å². The number of hydrogen-bond acceptors (Lipinski definition) is 2. The Bertz CT molecular complexity index is 355. The van der Waals surface area contributed by atoms with Crippen LogP contribution in [0.25, 0.3) is 0 Å². The maximum atomic E-state index is 11.6. The van der Waals surface area contributed by atoms with Gasteiger partial charge in [-0.05, 0) is 56.9 Å². The van der Waals surface area contributed by atoms with E-state index in [9.17, 15) is 9.90 Å². The van der Waals surface area contributed by atoms with Crippen molar-refractivity contribution in [1.29, 1.82) is 0 Å². The molecule has 1 saturated carbocycles. The molecule has 1 saturated heterocycles. The molecule has 2 aliphatic rings. The van der Waals surface area contributed by atoms with Gasteiger partial charge in [0.2, 0.25) is 0 Å². The highest BCUT2D eigenvalue weighted by Gasteiger charge is 2.43. The van der Waals surface area contributed by atoms with Crippen molar-refractivity contribution >= 4 is 5.97 Å². The summed E-state index contributed by atoms with van der Waals surface area (Å²) in [7, 11) is 0. The lowest BCUT2D eigenvalue weighted by atomic mass is 9.71. The van der Waals surface area contributed by atoms with Crippen LogP contribution in [0.2, 0.25) is 0 Å². The molecular weight excluding hydrogens is 250 g/mol. The number of piperidine rings is 1. The molecule has 0 spiro atoms. The van der Waals surface area contributed by atoms with Gasteiger partial charge in [0.15, 0.2) is 0 Å². The number of aliphatic carboxylic acids is 1. The van der Waals surface area contributed by atoms with Crippen LogP contribution in [0, 0.1) is 23.2 Å². The zero-order valence-corrected chi connectivity index (χ0v) is 13.6. The Morgan fingerprint density at radius 2 is 2.05 bits per heavy atom. The van der Waals surface area contributed by atoms with Crippen molar-refractivity contribution in [2.24, 2.45) is 23.2 Å². The van der Waals surface area contributed by atoms with Crippen molar-refractivity contribution in [2.45, 2.75) is 65.8 Å². The number of hydrogen-bond donors (Lipinski definition) is 1. The Labute approximate surface area is 123 Å². The quantitative estimate of drug-likeness (QED) is 0.858. The molecule has 2 fully saturated rings. The molecule has 0 aromatic heterocycles. The lowest BCUT2D eigenvalue weighted by Crippen LogP contribution is -2.54. The monoisotopic (exact) mass is 281 g/mol. The van der Waals surface area contributed by atoms with Gasteiger partial charge in [0.25, 0.3) is 0 Å². The number of carboxylic acids is 1. The van der Waals surface area contributed by atoms with Crippen molar-refractivity contribution < 1.29 is 9.90 Å². The van der Waals surface area contributed by atoms with Gasteiger partial charge < -0.3 is 5.11 Å². The van der Waals surface area contributed by atoms with Crippen molar-refractivity contribution in [3.8, 4) is 0 Å². The molecule has 0 aromatic carbocycles. The summed E-state index contributed by atoms with van der Waals surface area (Å²) in [5, 5.41) is 9.51. The van der Waals surface area contributed by atoms with Crippen molar-refractivity contribution in [3.63, 3.8) is 0 Å². The highest BCUT2D eigenvalue weighted by molar-refractivity contribution is 5.74. The molecule has 0 bridgehead atoms. The van der Waals surface area contributed by atoms with Gasteiger partial charge in [0.05, 0.1) is 5.41 Å². The first-order valence-corrected chi connectivity index (χ1v) is 8.31. The minimum Gasteiger partial charge on any atom is -0.481 e. The van der Waals surface area contributed by atoms with Gasteiger partial charge in [-0.2, -0.15) is 0 Å². The summed E-state index contributed by atoms with van der Waals surface area (Å²) in [6.07, 6.45) is 5.75. The summed E-state index contributed by atoms with van der Waals surface area (Å²) >= 11 is 0. The van der Waals surface area contributed by atoms with Crippen LogP contribution >= 0.6 is 0 Å². The largest absolute Gasteiger partial charge is 0.481 e. The van der Waals surface area contributed by atoms with E-state index in [1.165, 1.54) is 19.3 Å². The SMILES string of the molecule is CC1CCC(C(C)C)C(N2CCCC(C)(C(=O)O)C2)C1. The number of likely N-dealkylation sites (tertiary alicyclic amines) is 1. The third-order valence-corrected chi connectivity index (χ3v) is 5.70. The van der Waals surface area contributed by atoms with E-state index < -0.39 is 11.4 Å². The van der Waals surface area contributed by atoms with Gasteiger partial charge in [-0.25, -0.2) is 0 Å². The van der Waals surface area contributed by atoms with E-state index in [-0.39, 0.29) is 0 Å².